The normalized spacial score (nSPS) is 38.5. The Hall–Kier alpha value is -0.570. The van der Waals surface area contributed by atoms with Crippen molar-refractivity contribution in [1.82, 2.24) is 5.32 Å². The predicted molar refractivity (Wildman–Crippen MR) is 42.4 cm³/mol. The van der Waals surface area contributed by atoms with E-state index in [-0.39, 0.29) is 6.04 Å². The number of hydrogen-bond donors (Lipinski definition) is 2. The first-order valence-electron chi connectivity index (χ1n) is 4.10. The number of nitrogens with one attached hydrogen (secondary N) is 1. The lowest BCUT2D eigenvalue weighted by Crippen LogP contribution is -2.48. The molecule has 0 aliphatic carbocycles. The van der Waals surface area contributed by atoms with E-state index >= 15 is 0 Å². The quantitative estimate of drug-likeness (QED) is 0.593. The van der Waals surface area contributed by atoms with E-state index in [0.29, 0.717) is 12.0 Å². The lowest BCUT2D eigenvalue weighted by atomic mass is 9.90. The number of carboxylic acid groups (broad SMARTS) is 1. The molecule has 1 saturated heterocycles. The first kappa shape index (κ1) is 8.53. The molecule has 0 amide bonds. The highest BCUT2D eigenvalue weighted by Gasteiger charge is 2.27. The van der Waals surface area contributed by atoms with Crippen LogP contribution in [0.25, 0.3) is 0 Å². The predicted octanol–water partition coefficient (Wildman–Crippen LogP) is 0.848. The highest BCUT2D eigenvalue weighted by atomic mass is 16.4. The van der Waals surface area contributed by atoms with Crippen LogP contribution in [0.5, 0.6) is 0 Å². The van der Waals surface area contributed by atoms with Gasteiger partial charge in [-0.15, -0.1) is 0 Å². The highest BCUT2D eigenvalue weighted by Crippen LogP contribution is 2.18. The van der Waals surface area contributed by atoms with Crippen LogP contribution in [0.15, 0.2) is 0 Å². The molecule has 11 heavy (non-hydrogen) atoms. The van der Waals surface area contributed by atoms with Crippen molar-refractivity contribution >= 4 is 5.97 Å². The molecule has 0 aromatic rings. The molecule has 3 heteroatoms. The van der Waals surface area contributed by atoms with Gasteiger partial charge in [0.15, 0.2) is 0 Å². The van der Waals surface area contributed by atoms with Gasteiger partial charge in [0.1, 0.15) is 6.04 Å². The molecule has 1 heterocycles. The molecule has 64 valence electrons. The molecule has 1 aliphatic heterocycles. The van der Waals surface area contributed by atoms with Crippen LogP contribution in [0.4, 0.5) is 0 Å². The average Bonchev–Trinajstić information content (AvgIpc) is 1.94. The third kappa shape index (κ3) is 1.93. The molecule has 0 radical (unpaired) electrons. The molecular weight excluding hydrogens is 142 g/mol. The fourth-order valence-corrected chi connectivity index (χ4v) is 1.44. The van der Waals surface area contributed by atoms with E-state index in [1.165, 1.54) is 0 Å². The van der Waals surface area contributed by atoms with Gasteiger partial charge in [-0.25, -0.2) is 0 Å². The van der Waals surface area contributed by atoms with Crippen molar-refractivity contribution in [1.29, 1.82) is 0 Å². The van der Waals surface area contributed by atoms with E-state index in [1.807, 2.05) is 6.92 Å². The summed E-state index contributed by atoms with van der Waals surface area (Å²) in [6.45, 7) is 4.19. The molecule has 0 unspecified atom stereocenters. The summed E-state index contributed by atoms with van der Waals surface area (Å²) in [5.74, 6) is -0.116. The number of hydrogen-bond acceptors (Lipinski definition) is 2. The topological polar surface area (TPSA) is 49.3 Å². The van der Waals surface area contributed by atoms with Gasteiger partial charge in [-0.05, 0) is 25.7 Å². The van der Waals surface area contributed by atoms with E-state index in [9.17, 15) is 4.79 Å². The minimum atomic E-state index is -0.719. The highest BCUT2D eigenvalue weighted by molar-refractivity contribution is 5.73. The van der Waals surface area contributed by atoms with Crippen LogP contribution in [0.1, 0.15) is 26.7 Å². The van der Waals surface area contributed by atoms with Crippen LogP contribution < -0.4 is 5.32 Å². The Morgan fingerprint density at radius 1 is 1.45 bits per heavy atom. The number of aliphatic carboxylic acids is 1. The number of piperidine rings is 1. The molecule has 3 atom stereocenters. The molecule has 0 spiro atoms. The molecule has 3 nitrogen and oxygen atoms in total. The van der Waals surface area contributed by atoms with Gasteiger partial charge in [0.2, 0.25) is 0 Å². The number of rotatable bonds is 1. The van der Waals surface area contributed by atoms with E-state index in [0.717, 1.165) is 12.8 Å². The second-order valence-corrected chi connectivity index (χ2v) is 3.40. The van der Waals surface area contributed by atoms with Crippen molar-refractivity contribution in [2.45, 2.75) is 38.8 Å². The van der Waals surface area contributed by atoms with E-state index < -0.39 is 5.97 Å². The largest absolute Gasteiger partial charge is 0.480 e. The second kappa shape index (κ2) is 3.22. The molecule has 1 rings (SSSR count). The molecule has 2 N–H and O–H groups in total. The molecule has 1 aliphatic rings. The first-order chi connectivity index (χ1) is 5.11. The van der Waals surface area contributed by atoms with Crippen LogP contribution in [-0.4, -0.2) is 23.2 Å². The first-order valence-corrected chi connectivity index (χ1v) is 4.10. The Bertz CT molecular complexity index is 158. The minimum Gasteiger partial charge on any atom is -0.480 e. The van der Waals surface area contributed by atoms with Crippen LogP contribution in [-0.2, 0) is 4.79 Å². The SMILES string of the molecule is C[C@@H]1CC[C@H](C(=O)O)N[C@H]1C. The van der Waals surface area contributed by atoms with Gasteiger partial charge in [0.25, 0.3) is 0 Å². The molecular formula is C8H15NO2. The maximum Gasteiger partial charge on any atom is 0.320 e. The Morgan fingerprint density at radius 2 is 2.09 bits per heavy atom. The van der Waals surface area contributed by atoms with Crippen molar-refractivity contribution in [3.63, 3.8) is 0 Å². The fraction of sp³-hybridized carbons (Fsp3) is 0.875. The summed E-state index contributed by atoms with van der Waals surface area (Å²) in [7, 11) is 0. The van der Waals surface area contributed by atoms with Crippen molar-refractivity contribution < 1.29 is 9.90 Å². The second-order valence-electron chi connectivity index (χ2n) is 3.40. The van der Waals surface area contributed by atoms with E-state index in [4.69, 9.17) is 5.11 Å². The van der Waals surface area contributed by atoms with Crippen molar-refractivity contribution in [2.75, 3.05) is 0 Å². The monoisotopic (exact) mass is 157 g/mol. The lowest BCUT2D eigenvalue weighted by molar-refractivity contribution is -0.140. The van der Waals surface area contributed by atoms with Gasteiger partial charge >= 0.3 is 5.97 Å². The fourth-order valence-electron chi connectivity index (χ4n) is 1.44. The van der Waals surface area contributed by atoms with Gasteiger partial charge in [0, 0.05) is 6.04 Å². The van der Waals surface area contributed by atoms with Crippen LogP contribution in [0.2, 0.25) is 0 Å². The summed E-state index contributed by atoms with van der Waals surface area (Å²) in [6, 6.07) is 0.0195. The van der Waals surface area contributed by atoms with Crippen molar-refractivity contribution in [3.8, 4) is 0 Å². The summed E-state index contributed by atoms with van der Waals surface area (Å²) in [5, 5.41) is 11.7. The number of carboxylic acids is 1. The lowest BCUT2D eigenvalue weighted by Gasteiger charge is -2.31. The Morgan fingerprint density at radius 3 is 2.55 bits per heavy atom. The Kier molecular flexibility index (Phi) is 2.49. The summed E-state index contributed by atoms with van der Waals surface area (Å²) in [6.07, 6.45) is 1.78. The van der Waals surface area contributed by atoms with Gasteiger partial charge in [0.05, 0.1) is 0 Å². The summed E-state index contributed by atoms with van der Waals surface area (Å²) < 4.78 is 0. The zero-order chi connectivity index (χ0) is 8.43. The van der Waals surface area contributed by atoms with Crippen molar-refractivity contribution in [3.05, 3.63) is 0 Å². The zero-order valence-electron chi connectivity index (χ0n) is 7.00. The van der Waals surface area contributed by atoms with E-state index in [1.54, 1.807) is 0 Å². The number of carbonyl (C=O) groups is 1. The Labute approximate surface area is 66.8 Å². The minimum absolute atomic E-state index is 0.318. The maximum absolute atomic E-state index is 10.5. The summed E-state index contributed by atoms with van der Waals surface area (Å²) in [5.41, 5.74) is 0. The summed E-state index contributed by atoms with van der Waals surface area (Å²) in [4.78, 5) is 10.5. The Balaban J connectivity index is 2.46. The van der Waals surface area contributed by atoms with Crippen LogP contribution in [0.3, 0.4) is 0 Å². The van der Waals surface area contributed by atoms with Gasteiger partial charge in [-0.1, -0.05) is 6.92 Å². The van der Waals surface area contributed by atoms with Crippen LogP contribution in [0, 0.1) is 5.92 Å². The molecule has 0 aromatic carbocycles. The van der Waals surface area contributed by atoms with Crippen molar-refractivity contribution in [2.24, 2.45) is 5.92 Å². The molecule has 0 saturated carbocycles. The standard InChI is InChI=1S/C8H15NO2/c1-5-3-4-7(8(10)11)9-6(5)2/h5-7,9H,3-4H2,1-2H3,(H,10,11)/t5-,6+,7-/m1/s1. The third-order valence-corrected chi connectivity index (χ3v) is 2.53. The molecule has 0 aromatic heterocycles. The summed E-state index contributed by atoms with van der Waals surface area (Å²) >= 11 is 0. The molecule has 0 bridgehead atoms. The van der Waals surface area contributed by atoms with Gasteiger partial charge in [-0.2, -0.15) is 0 Å². The van der Waals surface area contributed by atoms with Gasteiger partial charge in [-0.3, -0.25) is 4.79 Å². The molecule has 1 fully saturated rings. The van der Waals surface area contributed by atoms with Crippen LogP contribution >= 0.6 is 0 Å². The maximum atomic E-state index is 10.5. The van der Waals surface area contributed by atoms with E-state index in [2.05, 4.69) is 12.2 Å². The van der Waals surface area contributed by atoms with Gasteiger partial charge < -0.3 is 10.4 Å². The average molecular weight is 157 g/mol. The smallest absolute Gasteiger partial charge is 0.320 e. The zero-order valence-corrected chi connectivity index (χ0v) is 7.00. The third-order valence-electron chi connectivity index (χ3n) is 2.53.